The van der Waals surface area contributed by atoms with Crippen molar-refractivity contribution in [1.29, 1.82) is 0 Å². The summed E-state index contributed by atoms with van der Waals surface area (Å²) < 4.78 is 2.25. The van der Waals surface area contributed by atoms with E-state index in [4.69, 9.17) is 0 Å². The largest absolute Gasteiger partial charge is 0.367 e. The molecule has 2 rings (SSSR count). The Balaban J connectivity index is 1.94. The van der Waals surface area contributed by atoms with Gasteiger partial charge in [0.25, 0.3) is 5.56 Å². The van der Waals surface area contributed by atoms with Crippen molar-refractivity contribution in [2.45, 2.75) is 13.5 Å². The molecule has 0 saturated carbocycles. The van der Waals surface area contributed by atoms with Gasteiger partial charge in [-0.05, 0) is 28.4 Å². The van der Waals surface area contributed by atoms with Crippen molar-refractivity contribution in [3.05, 3.63) is 39.1 Å². The van der Waals surface area contributed by atoms with E-state index in [-0.39, 0.29) is 5.56 Å². The molecular formula is C10H12BrN5O. The second-order valence-corrected chi connectivity index (χ2v) is 4.39. The minimum absolute atomic E-state index is 0.197. The Kier molecular flexibility index (Phi) is 3.58. The number of nitrogens with zero attached hydrogens (tertiary/aromatic N) is 3. The number of H-pyrrole nitrogens is 1. The van der Waals surface area contributed by atoms with Gasteiger partial charge in [0.1, 0.15) is 10.3 Å². The number of aryl methyl sites for hydroxylation is 1. The molecule has 2 aromatic heterocycles. The smallest absolute Gasteiger partial charge is 0.267 e. The van der Waals surface area contributed by atoms with Crippen molar-refractivity contribution in [3.63, 3.8) is 0 Å². The zero-order chi connectivity index (χ0) is 12.3. The van der Waals surface area contributed by atoms with E-state index in [0.29, 0.717) is 16.8 Å². The van der Waals surface area contributed by atoms with Crippen LogP contribution in [0.4, 0.5) is 5.82 Å². The number of aromatic nitrogens is 4. The van der Waals surface area contributed by atoms with Crippen LogP contribution < -0.4 is 10.9 Å². The number of halogens is 1. The SMILES string of the molecule is Cc1cnn(CCNc2nc[nH]c(=O)c2Br)c1. The van der Waals surface area contributed by atoms with Gasteiger partial charge in [0, 0.05) is 12.7 Å². The second-order valence-electron chi connectivity index (χ2n) is 3.60. The van der Waals surface area contributed by atoms with Gasteiger partial charge in [-0.1, -0.05) is 0 Å². The lowest BCUT2D eigenvalue weighted by Gasteiger charge is -2.06. The minimum Gasteiger partial charge on any atom is -0.367 e. The fourth-order valence-corrected chi connectivity index (χ4v) is 1.74. The van der Waals surface area contributed by atoms with Crippen LogP contribution in [0.1, 0.15) is 5.56 Å². The van der Waals surface area contributed by atoms with E-state index in [9.17, 15) is 4.79 Å². The van der Waals surface area contributed by atoms with Gasteiger partial charge in [0.15, 0.2) is 0 Å². The van der Waals surface area contributed by atoms with Crippen LogP contribution in [0.2, 0.25) is 0 Å². The first-order chi connectivity index (χ1) is 8.16. The van der Waals surface area contributed by atoms with Gasteiger partial charge in [0.2, 0.25) is 0 Å². The lowest BCUT2D eigenvalue weighted by Crippen LogP contribution is -2.16. The fraction of sp³-hybridized carbons (Fsp3) is 0.300. The van der Waals surface area contributed by atoms with Crippen LogP contribution in [-0.2, 0) is 6.54 Å². The molecule has 0 amide bonds. The Labute approximate surface area is 106 Å². The molecule has 0 radical (unpaired) electrons. The zero-order valence-electron chi connectivity index (χ0n) is 9.27. The summed E-state index contributed by atoms with van der Waals surface area (Å²) in [6.07, 6.45) is 5.14. The molecule has 17 heavy (non-hydrogen) atoms. The topological polar surface area (TPSA) is 75.6 Å². The Hall–Kier alpha value is -1.63. The number of hydrogen-bond donors (Lipinski definition) is 2. The summed E-state index contributed by atoms with van der Waals surface area (Å²) in [5, 5.41) is 7.24. The summed E-state index contributed by atoms with van der Waals surface area (Å²) in [6.45, 7) is 3.36. The third kappa shape index (κ3) is 2.94. The molecule has 90 valence electrons. The van der Waals surface area contributed by atoms with Gasteiger partial charge in [-0.25, -0.2) is 4.98 Å². The maximum Gasteiger partial charge on any atom is 0.267 e. The highest BCUT2D eigenvalue weighted by molar-refractivity contribution is 9.10. The Morgan fingerprint density at radius 2 is 2.41 bits per heavy atom. The summed E-state index contributed by atoms with van der Waals surface area (Å²) in [6, 6.07) is 0. The van der Waals surface area contributed by atoms with E-state index in [1.807, 2.05) is 17.8 Å². The molecule has 6 nitrogen and oxygen atoms in total. The molecule has 0 unspecified atom stereocenters. The highest BCUT2D eigenvalue weighted by atomic mass is 79.9. The first-order valence-electron chi connectivity index (χ1n) is 5.13. The predicted octanol–water partition coefficient (Wildman–Crippen LogP) is 1.15. The van der Waals surface area contributed by atoms with E-state index in [1.165, 1.54) is 6.33 Å². The highest BCUT2D eigenvalue weighted by Gasteiger charge is 2.03. The number of rotatable bonds is 4. The Morgan fingerprint density at radius 3 is 3.12 bits per heavy atom. The molecule has 0 aliphatic heterocycles. The number of hydrogen-bond acceptors (Lipinski definition) is 4. The van der Waals surface area contributed by atoms with Gasteiger partial charge >= 0.3 is 0 Å². The van der Waals surface area contributed by atoms with Crippen LogP contribution in [0.5, 0.6) is 0 Å². The summed E-state index contributed by atoms with van der Waals surface area (Å²) in [7, 11) is 0. The molecule has 0 bridgehead atoms. The number of nitrogens with one attached hydrogen (secondary N) is 2. The van der Waals surface area contributed by atoms with E-state index in [1.54, 1.807) is 6.20 Å². The second kappa shape index (κ2) is 5.13. The van der Waals surface area contributed by atoms with Crippen molar-refractivity contribution >= 4 is 21.7 Å². The monoisotopic (exact) mass is 297 g/mol. The van der Waals surface area contributed by atoms with Crippen LogP contribution in [0.3, 0.4) is 0 Å². The van der Waals surface area contributed by atoms with Gasteiger partial charge in [-0.3, -0.25) is 9.48 Å². The number of aromatic amines is 1. The Bertz CT molecular complexity index is 562. The molecule has 0 atom stereocenters. The van der Waals surface area contributed by atoms with Crippen molar-refractivity contribution in [3.8, 4) is 0 Å². The normalized spacial score (nSPS) is 10.5. The van der Waals surface area contributed by atoms with E-state index < -0.39 is 0 Å². The van der Waals surface area contributed by atoms with Gasteiger partial charge in [-0.2, -0.15) is 5.10 Å². The maximum atomic E-state index is 11.3. The van der Waals surface area contributed by atoms with Crippen LogP contribution in [0, 0.1) is 6.92 Å². The first kappa shape index (κ1) is 11.8. The highest BCUT2D eigenvalue weighted by Crippen LogP contribution is 2.12. The van der Waals surface area contributed by atoms with Crippen LogP contribution >= 0.6 is 15.9 Å². The third-order valence-corrected chi connectivity index (χ3v) is 2.93. The fourth-order valence-electron chi connectivity index (χ4n) is 1.38. The summed E-state index contributed by atoms with van der Waals surface area (Å²) in [4.78, 5) is 17.8. The van der Waals surface area contributed by atoms with Crippen molar-refractivity contribution < 1.29 is 0 Å². The third-order valence-electron chi connectivity index (χ3n) is 2.19. The molecule has 0 spiro atoms. The summed E-state index contributed by atoms with van der Waals surface area (Å²) in [5.74, 6) is 0.539. The number of anilines is 1. The van der Waals surface area contributed by atoms with E-state index >= 15 is 0 Å². The Morgan fingerprint density at radius 1 is 1.59 bits per heavy atom. The molecule has 2 heterocycles. The first-order valence-corrected chi connectivity index (χ1v) is 5.92. The zero-order valence-corrected chi connectivity index (χ0v) is 10.9. The van der Waals surface area contributed by atoms with E-state index in [0.717, 1.165) is 12.1 Å². The molecule has 2 aromatic rings. The lowest BCUT2D eigenvalue weighted by atomic mass is 10.4. The molecule has 0 aliphatic carbocycles. The van der Waals surface area contributed by atoms with Gasteiger partial charge in [-0.15, -0.1) is 0 Å². The maximum absolute atomic E-state index is 11.3. The average Bonchev–Trinajstić information content (AvgIpc) is 2.70. The minimum atomic E-state index is -0.197. The van der Waals surface area contributed by atoms with E-state index in [2.05, 4.69) is 36.3 Å². The molecule has 0 saturated heterocycles. The molecule has 0 aromatic carbocycles. The molecule has 0 aliphatic rings. The van der Waals surface area contributed by atoms with Crippen molar-refractivity contribution in [2.75, 3.05) is 11.9 Å². The van der Waals surface area contributed by atoms with Crippen molar-refractivity contribution in [2.24, 2.45) is 0 Å². The van der Waals surface area contributed by atoms with Gasteiger partial charge in [0.05, 0.1) is 19.1 Å². The predicted molar refractivity (Wildman–Crippen MR) is 68.0 cm³/mol. The molecule has 2 N–H and O–H groups in total. The average molecular weight is 298 g/mol. The quantitative estimate of drug-likeness (QED) is 0.888. The lowest BCUT2D eigenvalue weighted by molar-refractivity contribution is 0.636. The van der Waals surface area contributed by atoms with Crippen molar-refractivity contribution in [1.82, 2.24) is 19.7 Å². The summed E-state index contributed by atoms with van der Waals surface area (Å²) in [5.41, 5.74) is 0.929. The standard InChI is InChI=1S/C10H12BrN5O/c1-7-4-15-16(5-7)3-2-12-9-8(11)10(17)14-6-13-9/h4-6H,2-3H2,1H3,(H2,12,13,14,17). The van der Waals surface area contributed by atoms with Crippen LogP contribution in [0.15, 0.2) is 28.0 Å². The molecule has 0 fully saturated rings. The van der Waals surface area contributed by atoms with Crippen LogP contribution in [-0.4, -0.2) is 26.3 Å². The van der Waals surface area contributed by atoms with Gasteiger partial charge < -0.3 is 10.3 Å². The molecule has 7 heteroatoms. The van der Waals surface area contributed by atoms with Crippen LogP contribution in [0.25, 0.3) is 0 Å². The molecular weight excluding hydrogens is 286 g/mol. The summed E-state index contributed by atoms with van der Waals surface area (Å²) >= 11 is 3.18.